The first-order chi connectivity index (χ1) is 15.2. The Hall–Kier alpha value is -2.37. The molecule has 3 aliphatic rings. The van der Waals surface area contributed by atoms with Crippen molar-refractivity contribution in [1.82, 2.24) is 15.5 Å². The molecule has 3 heterocycles. The molecule has 4 atom stereocenters. The van der Waals surface area contributed by atoms with E-state index < -0.39 is 0 Å². The quantitative estimate of drug-likeness (QED) is 0.790. The topological polar surface area (TPSA) is 53.6 Å². The Morgan fingerprint density at radius 2 is 2.06 bits per heavy atom. The van der Waals surface area contributed by atoms with Crippen molar-refractivity contribution in [1.29, 1.82) is 0 Å². The number of nitrogens with one attached hydrogen (secondary N) is 2. The number of benzene rings is 2. The van der Waals surface area contributed by atoms with Crippen LogP contribution in [0, 0.1) is 5.92 Å². The summed E-state index contributed by atoms with van der Waals surface area (Å²) in [4.78, 5) is 16.2. The average Bonchev–Trinajstić information content (AvgIpc) is 2.82. The smallest absolute Gasteiger partial charge is 0.255 e. The van der Waals surface area contributed by atoms with Gasteiger partial charge in [0.05, 0.1) is 18.7 Å². The van der Waals surface area contributed by atoms with E-state index in [1.807, 2.05) is 31.2 Å². The van der Waals surface area contributed by atoms with Gasteiger partial charge in [-0.05, 0) is 67.8 Å². The molecule has 1 amide bonds. The Kier molecular flexibility index (Phi) is 5.72. The fraction of sp³-hybridized carbons (Fsp3) is 0.500. The lowest BCUT2D eigenvalue weighted by Gasteiger charge is -2.49. The van der Waals surface area contributed by atoms with Crippen LogP contribution in [-0.4, -0.2) is 43.6 Å². The Morgan fingerprint density at radius 3 is 2.87 bits per heavy atom. The van der Waals surface area contributed by atoms with E-state index in [-0.39, 0.29) is 18.0 Å². The van der Waals surface area contributed by atoms with Gasteiger partial charge in [0.2, 0.25) is 0 Å². The maximum Gasteiger partial charge on any atom is 0.255 e. The van der Waals surface area contributed by atoms with Crippen LogP contribution in [0.25, 0.3) is 0 Å². The molecule has 0 spiro atoms. The van der Waals surface area contributed by atoms with Crippen LogP contribution in [0.4, 0.5) is 0 Å². The molecule has 2 aromatic rings. The highest BCUT2D eigenvalue weighted by molar-refractivity contribution is 5.99. The Morgan fingerprint density at radius 1 is 1.23 bits per heavy atom. The van der Waals surface area contributed by atoms with Crippen molar-refractivity contribution in [2.75, 3.05) is 26.7 Å². The zero-order valence-electron chi connectivity index (χ0n) is 18.6. The molecule has 0 saturated carbocycles. The third-order valence-corrected chi connectivity index (χ3v) is 7.51. The minimum Gasteiger partial charge on any atom is -0.496 e. The summed E-state index contributed by atoms with van der Waals surface area (Å²) in [7, 11) is 1.67. The van der Waals surface area contributed by atoms with Crippen LogP contribution in [-0.2, 0) is 6.42 Å². The third kappa shape index (κ3) is 3.85. The van der Waals surface area contributed by atoms with Gasteiger partial charge >= 0.3 is 0 Å². The number of fused-ring (bicyclic) bond motifs is 4. The average molecular weight is 420 g/mol. The van der Waals surface area contributed by atoms with Crippen LogP contribution in [0.1, 0.15) is 65.3 Å². The molecule has 5 nitrogen and oxygen atoms in total. The molecule has 31 heavy (non-hydrogen) atoms. The van der Waals surface area contributed by atoms with Crippen LogP contribution >= 0.6 is 0 Å². The van der Waals surface area contributed by atoms with Crippen LogP contribution < -0.4 is 15.4 Å². The van der Waals surface area contributed by atoms with Crippen molar-refractivity contribution >= 4 is 5.91 Å². The van der Waals surface area contributed by atoms with Gasteiger partial charge in [-0.1, -0.05) is 36.4 Å². The predicted molar refractivity (Wildman–Crippen MR) is 122 cm³/mol. The number of carbonyl (C=O) groups is 1. The molecule has 0 radical (unpaired) electrons. The zero-order valence-corrected chi connectivity index (χ0v) is 18.6. The van der Waals surface area contributed by atoms with Gasteiger partial charge in [-0.25, -0.2) is 0 Å². The summed E-state index contributed by atoms with van der Waals surface area (Å²) in [6, 6.07) is 15.0. The highest BCUT2D eigenvalue weighted by Gasteiger charge is 2.41. The highest BCUT2D eigenvalue weighted by Crippen LogP contribution is 2.44. The van der Waals surface area contributed by atoms with Gasteiger partial charge in [-0.2, -0.15) is 0 Å². The fourth-order valence-corrected chi connectivity index (χ4v) is 5.88. The molecule has 2 fully saturated rings. The summed E-state index contributed by atoms with van der Waals surface area (Å²) in [5.74, 6) is 1.37. The molecule has 0 aromatic heterocycles. The van der Waals surface area contributed by atoms with E-state index in [0.29, 0.717) is 11.8 Å². The van der Waals surface area contributed by atoms with Gasteiger partial charge in [0.1, 0.15) is 5.75 Å². The van der Waals surface area contributed by atoms with Crippen molar-refractivity contribution in [2.24, 2.45) is 5.92 Å². The Bertz CT molecular complexity index is 945. The van der Waals surface area contributed by atoms with E-state index in [0.717, 1.165) is 49.5 Å². The maximum absolute atomic E-state index is 13.6. The molecule has 5 heteroatoms. The lowest BCUT2D eigenvalue weighted by Crippen LogP contribution is -2.55. The zero-order chi connectivity index (χ0) is 21.4. The van der Waals surface area contributed by atoms with Crippen LogP contribution in [0.5, 0.6) is 5.75 Å². The van der Waals surface area contributed by atoms with Gasteiger partial charge < -0.3 is 15.4 Å². The van der Waals surface area contributed by atoms with Crippen molar-refractivity contribution in [3.05, 3.63) is 64.7 Å². The maximum atomic E-state index is 13.6. The van der Waals surface area contributed by atoms with Gasteiger partial charge in [0, 0.05) is 25.2 Å². The van der Waals surface area contributed by atoms with Crippen molar-refractivity contribution in [3.63, 3.8) is 0 Å². The summed E-state index contributed by atoms with van der Waals surface area (Å²) < 4.78 is 5.71. The van der Waals surface area contributed by atoms with Crippen molar-refractivity contribution in [3.8, 4) is 5.75 Å². The number of amides is 1. The second kappa shape index (κ2) is 8.64. The van der Waals surface area contributed by atoms with E-state index in [9.17, 15) is 4.79 Å². The fourth-order valence-electron chi connectivity index (χ4n) is 5.88. The van der Waals surface area contributed by atoms with E-state index in [1.54, 1.807) is 7.11 Å². The number of hydrogen-bond donors (Lipinski definition) is 2. The number of carbonyl (C=O) groups excluding carboxylic acids is 1. The Balaban J connectivity index is 1.49. The molecular weight excluding hydrogens is 386 g/mol. The van der Waals surface area contributed by atoms with E-state index in [4.69, 9.17) is 4.74 Å². The lowest BCUT2D eigenvalue weighted by atomic mass is 9.76. The number of rotatable bonds is 4. The van der Waals surface area contributed by atoms with Crippen LogP contribution in [0.15, 0.2) is 42.5 Å². The second-order valence-electron chi connectivity index (χ2n) is 9.28. The first-order valence-corrected chi connectivity index (χ1v) is 11.7. The number of nitrogens with zero attached hydrogens (tertiary/aromatic N) is 1. The number of methoxy groups -OCH3 is 1. The normalized spacial score (nSPS) is 26.2. The molecule has 164 valence electrons. The van der Waals surface area contributed by atoms with Crippen molar-refractivity contribution in [2.45, 2.75) is 50.7 Å². The summed E-state index contributed by atoms with van der Waals surface area (Å²) >= 11 is 0. The number of hydrogen-bond acceptors (Lipinski definition) is 4. The minimum atomic E-state index is -0.0651. The van der Waals surface area contributed by atoms with Gasteiger partial charge in [-0.15, -0.1) is 0 Å². The van der Waals surface area contributed by atoms with Gasteiger partial charge in [-0.3, -0.25) is 9.69 Å². The summed E-state index contributed by atoms with van der Waals surface area (Å²) in [6.45, 7) is 5.36. The SMILES string of the molecule is COc1ccc2c(c1C(=O)N[C@H](C)c1ccccc1)[C@H]1C[C@H]3NCCC[C@H]3CN1CC2. The first kappa shape index (κ1) is 20.5. The lowest BCUT2D eigenvalue weighted by molar-refractivity contribution is 0.0541. The molecule has 2 N–H and O–H groups in total. The molecule has 3 aliphatic heterocycles. The number of piperidine rings is 2. The molecule has 2 aromatic carbocycles. The largest absolute Gasteiger partial charge is 0.496 e. The molecule has 0 aliphatic carbocycles. The van der Waals surface area contributed by atoms with Crippen LogP contribution in [0.2, 0.25) is 0 Å². The van der Waals surface area contributed by atoms with Crippen molar-refractivity contribution < 1.29 is 9.53 Å². The molecule has 0 bridgehead atoms. The summed E-state index contributed by atoms with van der Waals surface area (Å²) in [5.41, 5.74) is 4.32. The molecule has 2 saturated heterocycles. The van der Waals surface area contributed by atoms with Gasteiger partial charge in [0.25, 0.3) is 5.91 Å². The number of ether oxygens (including phenoxy) is 1. The standard InChI is InChI=1S/C26H33N3O2/c1-17(18-7-4-3-5-8-18)28-26(30)25-23(31-2)11-10-19-12-14-29-16-20-9-6-13-27-21(20)15-22(29)24(19)25/h3-5,7-8,10-11,17,20-22,27H,6,9,12-16H2,1-2H3,(H,28,30)/t17-,20+,21-,22-/m1/s1. The van der Waals surface area contributed by atoms with E-state index in [1.165, 1.54) is 24.0 Å². The van der Waals surface area contributed by atoms with Crippen LogP contribution in [0.3, 0.4) is 0 Å². The molecule has 0 unspecified atom stereocenters. The third-order valence-electron chi connectivity index (χ3n) is 7.51. The monoisotopic (exact) mass is 419 g/mol. The predicted octanol–water partition coefficient (Wildman–Crippen LogP) is 3.86. The minimum absolute atomic E-state index is 0.0365. The molecular formula is C26H33N3O2. The van der Waals surface area contributed by atoms with E-state index in [2.05, 4.69) is 33.7 Å². The van der Waals surface area contributed by atoms with Gasteiger partial charge in [0.15, 0.2) is 0 Å². The second-order valence-corrected chi connectivity index (χ2v) is 9.28. The summed E-state index contributed by atoms with van der Waals surface area (Å²) in [6.07, 6.45) is 4.65. The van der Waals surface area contributed by atoms with E-state index >= 15 is 0 Å². The highest BCUT2D eigenvalue weighted by atomic mass is 16.5. The first-order valence-electron chi connectivity index (χ1n) is 11.7. The summed E-state index contributed by atoms with van der Waals surface area (Å²) in [5, 5.41) is 6.99. The molecule has 5 rings (SSSR count). The Labute approximate surface area is 185 Å².